The zero-order valence-corrected chi connectivity index (χ0v) is 16.6. The smallest absolute Gasteiger partial charge is 0.0168 e. The van der Waals surface area contributed by atoms with E-state index >= 15 is 0 Å². The van der Waals surface area contributed by atoms with E-state index in [-0.39, 0.29) is 0 Å². The van der Waals surface area contributed by atoms with Crippen molar-refractivity contribution in [3.05, 3.63) is 62.3 Å². The molecule has 0 radical (unpaired) electrons. The van der Waals surface area contributed by atoms with Crippen LogP contribution >= 0.6 is 0 Å². The molecule has 0 amide bonds. The predicted molar refractivity (Wildman–Crippen MR) is 115 cm³/mol. The fraction of sp³-hybridized carbons (Fsp3) is 0.615. The normalized spacial score (nSPS) is 41.0. The summed E-state index contributed by atoms with van der Waals surface area (Å²) in [7, 11) is 0. The van der Waals surface area contributed by atoms with E-state index in [0.29, 0.717) is 17.8 Å². The molecule has 3 aliphatic carbocycles. The van der Waals surface area contributed by atoms with E-state index in [4.69, 9.17) is 0 Å². The van der Waals surface area contributed by atoms with E-state index < -0.39 is 0 Å². The molecule has 7 unspecified atom stereocenters. The van der Waals surface area contributed by atoms with Crippen molar-refractivity contribution < 1.29 is 0 Å². The lowest BCUT2D eigenvalue weighted by Gasteiger charge is -2.31. The Bertz CT molecular complexity index is 536. The lowest BCUT2D eigenvalue weighted by atomic mass is 9.74. The van der Waals surface area contributed by atoms with Gasteiger partial charge in [-0.2, -0.15) is 0 Å². The molecule has 142 valence electrons. The summed E-state index contributed by atoms with van der Waals surface area (Å²) in [6.07, 6.45) is 28.6. The molecule has 7 atom stereocenters. The first-order valence-corrected chi connectivity index (χ1v) is 11.0. The largest absolute Gasteiger partial charge is 0.103 e. The van der Waals surface area contributed by atoms with Crippen LogP contribution in [0.25, 0.3) is 0 Å². The summed E-state index contributed by atoms with van der Waals surface area (Å²) < 4.78 is 0. The molecule has 3 saturated carbocycles. The van der Waals surface area contributed by atoms with Gasteiger partial charge in [0.1, 0.15) is 0 Å². The van der Waals surface area contributed by atoms with Crippen LogP contribution in [0.2, 0.25) is 0 Å². The minimum Gasteiger partial charge on any atom is -0.103 e. The van der Waals surface area contributed by atoms with E-state index in [1.54, 1.807) is 0 Å². The Morgan fingerprint density at radius 1 is 0.423 bits per heavy atom. The Hall–Kier alpha value is -1.30. The van der Waals surface area contributed by atoms with Gasteiger partial charge in [0, 0.05) is 0 Å². The van der Waals surface area contributed by atoms with Crippen molar-refractivity contribution in [3.8, 4) is 0 Å². The summed E-state index contributed by atoms with van der Waals surface area (Å²) in [5, 5.41) is 0. The first kappa shape index (κ1) is 19.5. The van der Waals surface area contributed by atoms with Crippen molar-refractivity contribution in [2.24, 2.45) is 41.4 Å². The van der Waals surface area contributed by atoms with Crippen molar-refractivity contribution in [2.45, 2.75) is 57.8 Å². The van der Waals surface area contributed by atoms with Gasteiger partial charge < -0.3 is 0 Å². The second kappa shape index (κ2) is 9.58. The zero-order chi connectivity index (χ0) is 18.4. The maximum Gasteiger partial charge on any atom is -0.0168 e. The molecule has 0 aromatic rings. The summed E-state index contributed by atoms with van der Waals surface area (Å²) in [6.45, 7) is 12.0. The SMILES string of the molecule is C=CC1CCC(/C=C\C2CCC(/C=C\C3CCC(C=C)CC3C=C)C2)C1. The van der Waals surface area contributed by atoms with Crippen molar-refractivity contribution in [1.29, 1.82) is 0 Å². The summed E-state index contributed by atoms with van der Waals surface area (Å²) in [5.41, 5.74) is 0. The van der Waals surface area contributed by atoms with Crippen LogP contribution in [0.15, 0.2) is 62.3 Å². The van der Waals surface area contributed by atoms with E-state index in [1.165, 1.54) is 57.8 Å². The Morgan fingerprint density at radius 2 is 0.885 bits per heavy atom. The van der Waals surface area contributed by atoms with Crippen LogP contribution < -0.4 is 0 Å². The summed E-state index contributed by atoms with van der Waals surface area (Å²) >= 11 is 0. The van der Waals surface area contributed by atoms with Gasteiger partial charge in [-0.25, -0.2) is 0 Å². The van der Waals surface area contributed by atoms with Crippen LogP contribution in [0.5, 0.6) is 0 Å². The van der Waals surface area contributed by atoms with Crippen LogP contribution in [-0.2, 0) is 0 Å². The van der Waals surface area contributed by atoms with Gasteiger partial charge in [0.25, 0.3) is 0 Å². The van der Waals surface area contributed by atoms with Crippen LogP contribution in [0.1, 0.15) is 57.8 Å². The second-order valence-corrected chi connectivity index (χ2v) is 9.04. The Labute approximate surface area is 161 Å². The molecule has 3 fully saturated rings. The third-order valence-corrected chi connectivity index (χ3v) is 7.28. The highest BCUT2D eigenvalue weighted by Crippen LogP contribution is 2.39. The molecule has 0 bridgehead atoms. The topological polar surface area (TPSA) is 0 Å². The third kappa shape index (κ3) is 5.12. The molecular formula is C26H38. The van der Waals surface area contributed by atoms with E-state index in [9.17, 15) is 0 Å². The van der Waals surface area contributed by atoms with Gasteiger partial charge in [0.05, 0.1) is 0 Å². The first-order valence-electron chi connectivity index (χ1n) is 11.0. The Kier molecular flexibility index (Phi) is 7.17. The average Bonchev–Trinajstić information content (AvgIpc) is 3.33. The molecule has 0 spiro atoms. The standard InChI is InChI=1S/C26H38/c1-4-20-7-8-22(17-20)9-10-23-11-12-24(18-23)14-16-26-15-13-21(5-2)19-25(26)6-3/h4-6,9-10,14,16,20-26H,1-3,7-8,11-13,15,17-19H2/b10-9-,16-14-. The molecule has 0 aliphatic heterocycles. The molecule has 26 heavy (non-hydrogen) atoms. The predicted octanol–water partition coefficient (Wildman–Crippen LogP) is 7.52. The number of rotatable bonds is 7. The maximum atomic E-state index is 4.09. The highest BCUT2D eigenvalue weighted by Gasteiger charge is 2.27. The van der Waals surface area contributed by atoms with Gasteiger partial charge in [-0.3, -0.25) is 0 Å². The minimum atomic E-state index is 0.639. The van der Waals surface area contributed by atoms with Crippen LogP contribution in [-0.4, -0.2) is 0 Å². The molecule has 3 rings (SSSR count). The van der Waals surface area contributed by atoms with Gasteiger partial charge in [0.2, 0.25) is 0 Å². The van der Waals surface area contributed by atoms with E-state index in [0.717, 1.165) is 23.7 Å². The summed E-state index contributed by atoms with van der Waals surface area (Å²) in [5.74, 6) is 5.20. The minimum absolute atomic E-state index is 0.639. The number of hydrogen-bond acceptors (Lipinski definition) is 0. The quantitative estimate of drug-likeness (QED) is 0.416. The zero-order valence-electron chi connectivity index (χ0n) is 16.6. The molecule has 0 aromatic heterocycles. The van der Waals surface area contributed by atoms with Gasteiger partial charge in [-0.15, -0.1) is 19.7 Å². The lowest BCUT2D eigenvalue weighted by molar-refractivity contribution is 0.287. The fourth-order valence-electron chi connectivity index (χ4n) is 5.44. The van der Waals surface area contributed by atoms with Gasteiger partial charge in [-0.05, 0) is 99.2 Å². The van der Waals surface area contributed by atoms with Crippen LogP contribution in [0.3, 0.4) is 0 Å². The Morgan fingerprint density at radius 3 is 1.42 bits per heavy atom. The fourth-order valence-corrected chi connectivity index (χ4v) is 5.44. The van der Waals surface area contributed by atoms with Crippen molar-refractivity contribution in [2.75, 3.05) is 0 Å². The average molecular weight is 351 g/mol. The van der Waals surface area contributed by atoms with Gasteiger partial charge >= 0.3 is 0 Å². The molecular weight excluding hydrogens is 312 g/mol. The van der Waals surface area contributed by atoms with Crippen LogP contribution in [0.4, 0.5) is 0 Å². The van der Waals surface area contributed by atoms with Crippen molar-refractivity contribution >= 4 is 0 Å². The summed E-state index contributed by atoms with van der Waals surface area (Å²) in [6, 6.07) is 0. The molecule has 3 aliphatic rings. The highest BCUT2D eigenvalue weighted by molar-refractivity contribution is 5.06. The molecule has 0 N–H and O–H groups in total. The molecule has 0 heteroatoms. The molecule has 0 heterocycles. The molecule has 0 nitrogen and oxygen atoms in total. The summed E-state index contributed by atoms with van der Waals surface area (Å²) in [4.78, 5) is 0. The maximum absolute atomic E-state index is 4.09. The molecule has 0 aromatic carbocycles. The van der Waals surface area contributed by atoms with Gasteiger partial charge in [0.15, 0.2) is 0 Å². The van der Waals surface area contributed by atoms with Crippen molar-refractivity contribution in [1.82, 2.24) is 0 Å². The Balaban J connectivity index is 1.45. The number of allylic oxidation sites excluding steroid dienone is 7. The third-order valence-electron chi connectivity index (χ3n) is 7.28. The van der Waals surface area contributed by atoms with Crippen molar-refractivity contribution in [3.63, 3.8) is 0 Å². The number of hydrogen-bond donors (Lipinski definition) is 0. The highest BCUT2D eigenvalue weighted by atomic mass is 14.3. The monoisotopic (exact) mass is 350 g/mol. The van der Waals surface area contributed by atoms with Gasteiger partial charge in [-0.1, -0.05) is 42.5 Å². The second-order valence-electron chi connectivity index (χ2n) is 9.04. The lowest BCUT2D eigenvalue weighted by Crippen LogP contribution is -2.21. The van der Waals surface area contributed by atoms with E-state index in [2.05, 4.69) is 62.3 Å². The van der Waals surface area contributed by atoms with E-state index in [1.807, 2.05) is 0 Å². The molecule has 0 saturated heterocycles. The van der Waals surface area contributed by atoms with Crippen LogP contribution in [0, 0.1) is 41.4 Å². The first-order chi connectivity index (χ1) is 12.7.